The molecule has 0 bridgehead atoms. The van der Waals surface area contributed by atoms with Crippen LogP contribution in [0.15, 0.2) is 40.4 Å². The summed E-state index contributed by atoms with van der Waals surface area (Å²) in [7, 11) is 1.83. The van der Waals surface area contributed by atoms with E-state index in [9.17, 15) is 0 Å². The molecule has 5 heteroatoms. The molecule has 3 nitrogen and oxygen atoms in total. The minimum Gasteiger partial charge on any atom is -0.387 e. The predicted molar refractivity (Wildman–Crippen MR) is 69.5 cm³/mol. The molecule has 0 aliphatic heterocycles. The molecule has 0 fully saturated rings. The highest BCUT2D eigenvalue weighted by molar-refractivity contribution is 8.01. The molecule has 0 saturated heterocycles. The number of aliphatic imine (C=N–C) groups is 1. The van der Waals surface area contributed by atoms with Gasteiger partial charge >= 0.3 is 0 Å². The van der Waals surface area contributed by atoms with Crippen LogP contribution in [0.1, 0.15) is 0 Å². The maximum Gasteiger partial charge on any atom is 0.0815 e. The zero-order valence-corrected chi connectivity index (χ0v) is 9.81. The van der Waals surface area contributed by atoms with Gasteiger partial charge in [-0.3, -0.25) is 10.1 Å². The molecule has 0 spiro atoms. The fourth-order valence-corrected chi connectivity index (χ4v) is 1.25. The van der Waals surface area contributed by atoms with E-state index >= 15 is 0 Å². The summed E-state index contributed by atoms with van der Waals surface area (Å²) in [5.74, 6) is 0.451. The summed E-state index contributed by atoms with van der Waals surface area (Å²) in [5, 5.41) is 8.53. The molecule has 0 heterocycles. The van der Waals surface area contributed by atoms with Gasteiger partial charge in [-0.2, -0.15) is 12.6 Å². The fourth-order valence-electron chi connectivity index (χ4n) is 0.740. The van der Waals surface area contributed by atoms with E-state index in [2.05, 4.69) is 29.5 Å². The van der Waals surface area contributed by atoms with Crippen molar-refractivity contribution in [3.8, 4) is 0 Å². The Morgan fingerprint density at radius 1 is 1.71 bits per heavy atom. The number of hydrogen-bond donors (Lipinski definition) is 3. The molecule has 0 radical (unpaired) electrons. The third-order valence-corrected chi connectivity index (χ3v) is 2.09. The van der Waals surface area contributed by atoms with Gasteiger partial charge in [0, 0.05) is 13.3 Å². The number of nitrogens with one attached hydrogen (secondary N) is 1. The second-order valence-corrected chi connectivity index (χ2v) is 3.15. The van der Waals surface area contributed by atoms with Crippen LogP contribution in [0.2, 0.25) is 0 Å². The second-order valence-electron chi connectivity index (χ2n) is 2.19. The maximum absolute atomic E-state index is 5.50. The number of likely N-dealkylation sites (N-methyl/N-ethyl adjacent to an activating group) is 1. The van der Waals surface area contributed by atoms with Crippen molar-refractivity contribution >= 4 is 30.8 Å². The number of hydrogen-bond acceptors (Lipinski definition) is 5. The number of nitrogens with zero attached hydrogens (tertiary/aromatic N) is 1. The van der Waals surface area contributed by atoms with Gasteiger partial charge in [-0.05, 0) is 18.0 Å². The van der Waals surface area contributed by atoms with Crippen molar-refractivity contribution in [2.45, 2.75) is 0 Å². The highest BCUT2D eigenvalue weighted by Crippen LogP contribution is 2.11. The number of thiol groups is 1. The molecule has 0 unspecified atom stereocenters. The summed E-state index contributed by atoms with van der Waals surface area (Å²) in [4.78, 5) is 4.86. The van der Waals surface area contributed by atoms with Gasteiger partial charge in [0.05, 0.1) is 16.5 Å². The van der Waals surface area contributed by atoms with E-state index in [1.807, 2.05) is 19.2 Å². The SMILES string of the molecule is C=C/C=C\C(NC)=C(C=NCS)SN. The topological polar surface area (TPSA) is 50.4 Å². The highest BCUT2D eigenvalue weighted by Gasteiger charge is 1.97. The van der Waals surface area contributed by atoms with Crippen LogP contribution in [-0.4, -0.2) is 19.1 Å². The molecule has 0 aromatic carbocycles. The van der Waals surface area contributed by atoms with Crippen LogP contribution in [0.4, 0.5) is 0 Å². The van der Waals surface area contributed by atoms with Crippen molar-refractivity contribution in [1.82, 2.24) is 5.32 Å². The Morgan fingerprint density at radius 3 is 2.86 bits per heavy atom. The van der Waals surface area contributed by atoms with Gasteiger partial charge in [-0.25, -0.2) is 0 Å². The third kappa shape index (κ3) is 5.16. The third-order valence-electron chi connectivity index (χ3n) is 1.35. The molecule has 0 amide bonds. The Kier molecular flexibility index (Phi) is 8.51. The first kappa shape index (κ1) is 13.4. The predicted octanol–water partition coefficient (Wildman–Crippen LogP) is 1.72. The Bertz CT molecular complexity index is 257. The van der Waals surface area contributed by atoms with Crippen molar-refractivity contribution < 1.29 is 0 Å². The lowest BCUT2D eigenvalue weighted by atomic mass is 10.3. The smallest absolute Gasteiger partial charge is 0.0815 e. The van der Waals surface area contributed by atoms with Gasteiger partial charge in [0.25, 0.3) is 0 Å². The monoisotopic (exact) mass is 229 g/mol. The van der Waals surface area contributed by atoms with Crippen LogP contribution < -0.4 is 10.5 Å². The highest BCUT2D eigenvalue weighted by atomic mass is 32.2. The van der Waals surface area contributed by atoms with E-state index in [0.29, 0.717) is 5.88 Å². The number of allylic oxidation sites excluding steroid dienone is 4. The van der Waals surface area contributed by atoms with Crippen LogP contribution in [0.25, 0.3) is 0 Å². The molecular formula is C9H15N3S2. The molecule has 3 N–H and O–H groups in total. The van der Waals surface area contributed by atoms with E-state index in [-0.39, 0.29) is 0 Å². The molecule has 0 aliphatic carbocycles. The zero-order valence-electron chi connectivity index (χ0n) is 8.10. The first-order chi connectivity index (χ1) is 6.79. The molecule has 0 atom stereocenters. The van der Waals surface area contributed by atoms with Crippen molar-refractivity contribution in [2.24, 2.45) is 10.1 Å². The average molecular weight is 229 g/mol. The quantitative estimate of drug-likeness (QED) is 0.281. The van der Waals surface area contributed by atoms with Gasteiger partial charge in [0.1, 0.15) is 0 Å². The molecule has 0 aliphatic rings. The standard InChI is InChI=1S/C9H15N3S2/c1-3-4-5-8(11-2)9(14-10)6-12-7-13/h3-6,11,13H,1,7,10H2,2H3/b5-4-,9-8?,12-6?. The van der Waals surface area contributed by atoms with Crippen LogP contribution >= 0.6 is 24.6 Å². The number of nitrogens with two attached hydrogens (primary N) is 1. The molecule has 14 heavy (non-hydrogen) atoms. The summed E-state index contributed by atoms with van der Waals surface area (Å²) in [6.07, 6.45) is 7.10. The van der Waals surface area contributed by atoms with Crippen molar-refractivity contribution in [3.05, 3.63) is 35.4 Å². The summed E-state index contributed by atoms with van der Waals surface area (Å²) in [6, 6.07) is 0. The Balaban J connectivity index is 4.80. The largest absolute Gasteiger partial charge is 0.387 e. The molecule has 0 rings (SSSR count). The van der Waals surface area contributed by atoms with E-state index in [0.717, 1.165) is 22.6 Å². The van der Waals surface area contributed by atoms with E-state index in [4.69, 9.17) is 5.14 Å². The van der Waals surface area contributed by atoms with Gasteiger partial charge in [0.2, 0.25) is 0 Å². The molecule has 78 valence electrons. The van der Waals surface area contributed by atoms with Crippen molar-refractivity contribution in [1.29, 1.82) is 0 Å². The zero-order chi connectivity index (χ0) is 10.8. The Hall–Kier alpha value is -0.650. The minimum atomic E-state index is 0.451. The second kappa shape index (κ2) is 8.93. The lowest BCUT2D eigenvalue weighted by Gasteiger charge is -2.04. The van der Waals surface area contributed by atoms with Gasteiger partial charge < -0.3 is 5.32 Å². The van der Waals surface area contributed by atoms with E-state index < -0.39 is 0 Å². The first-order valence-electron chi connectivity index (χ1n) is 3.98. The van der Waals surface area contributed by atoms with Crippen LogP contribution in [0.5, 0.6) is 0 Å². The summed E-state index contributed by atoms with van der Waals surface area (Å²) in [5.41, 5.74) is 0.905. The summed E-state index contributed by atoms with van der Waals surface area (Å²) in [6.45, 7) is 3.59. The molecule has 0 aromatic rings. The lowest BCUT2D eigenvalue weighted by molar-refractivity contribution is 1.03. The van der Waals surface area contributed by atoms with Crippen LogP contribution in [0, 0.1) is 0 Å². The first-order valence-corrected chi connectivity index (χ1v) is 5.49. The normalized spacial score (nSPS) is 13.4. The van der Waals surface area contributed by atoms with Crippen molar-refractivity contribution in [2.75, 3.05) is 12.9 Å². The van der Waals surface area contributed by atoms with Gasteiger partial charge in [0.15, 0.2) is 0 Å². The summed E-state index contributed by atoms with van der Waals surface area (Å²) >= 11 is 5.12. The Morgan fingerprint density at radius 2 is 2.43 bits per heavy atom. The molecule has 0 aromatic heterocycles. The van der Waals surface area contributed by atoms with Gasteiger partial charge in [-0.1, -0.05) is 18.7 Å². The van der Waals surface area contributed by atoms with E-state index in [1.165, 1.54) is 0 Å². The minimum absolute atomic E-state index is 0.451. The van der Waals surface area contributed by atoms with E-state index in [1.54, 1.807) is 12.3 Å². The average Bonchev–Trinajstić information content (AvgIpc) is 2.23. The van der Waals surface area contributed by atoms with Gasteiger partial charge in [-0.15, -0.1) is 0 Å². The lowest BCUT2D eigenvalue weighted by Crippen LogP contribution is -2.07. The molecular weight excluding hydrogens is 214 g/mol. The Labute approximate surface area is 94.8 Å². The van der Waals surface area contributed by atoms with Crippen LogP contribution in [-0.2, 0) is 0 Å². The fraction of sp³-hybridized carbons (Fsp3) is 0.222. The number of rotatable bonds is 6. The molecule has 0 saturated carbocycles. The summed E-state index contributed by atoms with van der Waals surface area (Å²) < 4.78 is 0. The van der Waals surface area contributed by atoms with Crippen molar-refractivity contribution in [3.63, 3.8) is 0 Å². The maximum atomic E-state index is 5.50. The van der Waals surface area contributed by atoms with Crippen LogP contribution in [0.3, 0.4) is 0 Å².